The van der Waals surface area contributed by atoms with Crippen LogP contribution in [0.5, 0.6) is 23.0 Å². The molecule has 0 radical (unpaired) electrons. The number of hydrogen-bond acceptors (Lipinski definition) is 4. The number of carboxylic acids is 1. The van der Waals surface area contributed by atoms with Crippen LogP contribution >= 0.6 is 0 Å². The van der Waals surface area contributed by atoms with Crippen molar-refractivity contribution in [3.63, 3.8) is 0 Å². The van der Waals surface area contributed by atoms with Crippen LogP contribution < -0.4 is 14.2 Å². The Bertz CT molecular complexity index is 636. The van der Waals surface area contributed by atoms with Crippen molar-refractivity contribution in [1.82, 2.24) is 0 Å². The van der Waals surface area contributed by atoms with Crippen molar-refractivity contribution in [3.05, 3.63) is 48.0 Å². The molecule has 21 heavy (non-hydrogen) atoms. The quantitative estimate of drug-likeness (QED) is 0.884. The van der Waals surface area contributed by atoms with Gasteiger partial charge in [-0.3, -0.25) is 4.79 Å². The molecule has 0 saturated carbocycles. The van der Waals surface area contributed by atoms with Gasteiger partial charge < -0.3 is 19.3 Å². The zero-order chi connectivity index (χ0) is 15.2. The van der Waals surface area contributed by atoms with Crippen LogP contribution in [0, 0.1) is 0 Å². The minimum Gasteiger partial charge on any atom is -0.493 e. The summed E-state index contributed by atoms with van der Waals surface area (Å²) in [5, 5.41) is 8.92. The van der Waals surface area contributed by atoms with Gasteiger partial charge in [0.05, 0.1) is 20.6 Å². The summed E-state index contributed by atoms with van der Waals surface area (Å²) >= 11 is 0. The first-order chi connectivity index (χ1) is 10.1. The molecule has 2 rings (SSSR count). The second kappa shape index (κ2) is 6.65. The van der Waals surface area contributed by atoms with Crippen molar-refractivity contribution in [2.45, 2.75) is 6.42 Å². The highest BCUT2D eigenvalue weighted by Gasteiger charge is 2.10. The van der Waals surface area contributed by atoms with Crippen LogP contribution in [-0.4, -0.2) is 25.3 Å². The van der Waals surface area contributed by atoms with E-state index in [0.717, 1.165) is 0 Å². The van der Waals surface area contributed by atoms with Crippen molar-refractivity contribution in [1.29, 1.82) is 0 Å². The van der Waals surface area contributed by atoms with E-state index < -0.39 is 5.97 Å². The summed E-state index contributed by atoms with van der Waals surface area (Å²) in [7, 11) is 3.10. The molecule has 0 aliphatic rings. The summed E-state index contributed by atoms with van der Waals surface area (Å²) in [6.07, 6.45) is -0.0938. The average molecular weight is 288 g/mol. The number of carboxylic acid groups (broad SMARTS) is 1. The molecule has 1 N–H and O–H groups in total. The molecule has 0 aromatic heterocycles. The van der Waals surface area contributed by atoms with Gasteiger partial charge in [-0.1, -0.05) is 18.2 Å². The highest BCUT2D eigenvalue weighted by molar-refractivity contribution is 5.71. The molecule has 0 amide bonds. The summed E-state index contributed by atoms with van der Waals surface area (Å²) < 4.78 is 16.1. The Balaban J connectivity index is 2.28. The number of carbonyl (C=O) groups is 1. The molecule has 0 fully saturated rings. The summed E-state index contributed by atoms with van der Waals surface area (Å²) in [5.74, 6) is 1.30. The molecule has 0 saturated heterocycles. The summed E-state index contributed by atoms with van der Waals surface area (Å²) in [6, 6.07) is 12.2. The van der Waals surface area contributed by atoms with E-state index >= 15 is 0 Å². The maximum Gasteiger partial charge on any atom is 0.307 e. The van der Waals surface area contributed by atoms with Gasteiger partial charge in [-0.2, -0.15) is 0 Å². The zero-order valence-corrected chi connectivity index (χ0v) is 11.8. The zero-order valence-electron chi connectivity index (χ0n) is 11.8. The van der Waals surface area contributed by atoms with E-state index in [1.165, 1.54) is 0 Å². The minimum atomic E-state index is -0.904. The maximum absolute atomic E-state index is 10.9. The van der Waals surface area contributed by atoms with E-state index in [0.29, 0.717) is 28.6 Å². The first-order valence-electron chi connectivity index (χ1n) is 6.33. The van der Waals surface area contributed by atoms with Crippen LogP contribution in [0.4, 0.5) is 0 Å². The van der Waals surface area contributed by atoms with Crippen molar-refractivity contribution in [2.24, 2.45) is 0 Å². The first kappa shape index (κ1) is 14.7. The van der Waals surface area contributed by atoms with Gasteiger partial charge in [0.1, 0.15) is 11.5 Å². The Labute approximate surface area is 122 Å². The van der Waals surface area contributed by atoms with Crippen molar-refractivity contribution < 1.29 is 24.1 Å². The fourth-order valence-corrected chi connectivity index (χ4v) is 1.92. The van der Waals surface area contributed by atoms with E-state index in [-0.39, 0.29) is 6.42 Å². The Kier molecular flexibility index (Phi) is 4.66. The van der Waals surface area contributed by atoms with Gasteiger partial charge in [-0.25, -0.2) is 0 Å². The molecule has 0 heterocycles. The van der Waals surface area contributed by atoms with Crippen molar-refractivity contribution in [3.8, 4) is 23.0 Å². The lowest BCUT2D eigenvalue weighted by atomic mass is 10.1. The van der Waals surface area contributed by atoms with E-state index in [4.69, 9.17) is 19.3 Å². The van der Waals surface area contributed by atoms with E-state index in [2.05, 4.69) is 0 Å². The molecule has 2 aromatic carbocycles. The monoisotopic (exact) mass is 288 g/mol. The van der Waals surface area contributed by atoms with E-state index in [9.17, 15) is 4.79 Å². The lowest BCUT2D eigenvalue weighted by molar-refractivity contribution is -0.136. The summed E-state index contributed by atoms with van der Waals surface area (Å²) in [4.78, 5) is 10.9. The third-order valence-electron chi connectivity index (χ3n) is 2.90. The Morgan fingerprint density at radius 3 is 2.38 bits per heavy atom. The van der Waals surface area contributed by atoms with Crippen LogP contribution in [0.1, 0.15) is 5.56 Å². The van der Waals surface area contributed by atoms with Gasteiger partial charge in [-0.15, -0.1) is 0 Å². The Hall–Kier alpha value is -2.69. The SMILES string of the molecule is COc1ccc(Oc2ccccc2CC(=O)O)cc1OC. The van der Waals surface area contributed by atoms with Gasteiger partial charge in [0.25, 0.3) is 0 Å². The summed E-state index contributed by atoms with van der Waals surface area (Å²) in [6.45, 7) is 0. The van der Waals surface area contributed by atoms with Gasteiger partial charge in [-0.05, 0) is 18.2 Å². The number of rotatable bonds is 6. The normalized spacial score (nSPS) is 10.0. The topological polar surface area (TPSA) is 65.0 Å². The van der Waals surface area contributed by atoms with Crippen LogP contribution in [-0.2, 0) is 11.2 Å². The largest absolute Gasteiger partial charge is 0.493 e. The number of benzene rings is 2. The lowest BCUT2D eigenvalue weighted by Gasteiger charge is -2.12. The number of hydrogen-bond donors (Lipinski definition) is 1. The maximum atomic E-state index is 10.9. The summed E-state index contributed by atoms with van der Waals surface area (Å²) in [5.41, 5.74) is 0.611. The van der Waals surface area contributed by atoms with Crippen molar-refractivity contribution in [2.75, 3.05) is 14.2 Å². The highest BCUT2D eigenvalue weighted by Crippen LogP contribution is 2.34. The van der Waals surface area contributed by atoms with Crippen LogP contribution in [0.3, 0.4) is 0 Å². The minimum absolute atomic E-state index is 0.0938. The van der Waals surface area contributed by atoms with E-state index in [1.54, 1.807) is 56.7 Å². The van der Waals surface area contributed by atoms with Gasteiger partial charge in [0.15, 0.2) is 11.5 Å². The molecular formula is C16H16O5. The third kappa shape index (κ3) is 3.66. The van der Waals surface area contributed by atoms with Gasteiger partial charge in [0.2, 0.25) is 0 Å². The second-order valence-electron chi connectivity index (χ2n) is 4.30. The van der Waals surface area contributed by atoms with Crippen LogP contribution in [0.25, 0.3) is 0 Å². The Morgan fingerprint density at radius 2 is 1.71 bits per heavy atom. The molecule has 0 aliphatic heterocycles. The molecule has 5 nitrogen and oxygen atoms in total. The van der Waals surface area contributed by atoms with Crippen LogP contribution in [0.2, 0.25) is 0 Å². The third-order valence-corrected chi connectivity index (χ3v) is 2.90. The smallest absolute Gasteiger partial charge is 0.307 e. The molecule has 110 valence electrons. The standard InChI is InChI=1S/C16H16O5/c1-19-14-8-7-12(10-15(14)20-2)21-13-6-4-3-5-11(13)9-16(17)18/h3-8,10H,9H2,1-2H3,(H,17,18). The first-order valence-corrected chi connectivity index (χ1v) is 6.33. The fraction of sp³-hybridized carbons (Fsp3) is 0.188. The predicted molar refractivity (Wildman–Crippen MR) is 77.4 cm³/mol. The number of methoxy groups -OCH3 is 2. The van der Waals surface area contributed by atoms with Crippen molar-refractivity contribution >= 4 is 5.97 Å². The average Bonchev–Trinajstić information content (AvgIpc) is 2.48. The fourth-order valence-electron chi connectivity index (χ4n) is 1.92. The molecule has 0 bridgehead atoms. The lowest BCUT2D eigenvalue weighted by Crippen LogP contribution is -2.02. The second-order valence-corrected chi connectivity index (χ2v) is 4.30. The van der Waals surface area contributed by atoms with E-state index in [1.807, 2.05) is 0 Å². The van der Waals surface area contributed by atoms with Gasteiger partial charge in [0, 0.05) is 11.6 Å². The number of ether oxygens (including phenoxy) is 3. The molecular weight excluding hydrogens is 272 g/mol. The molecule has 2 aromatic rings. The number of para-hydroxylation sites is 1. The van der Waals surface area contributed by atoms with Crippen LogP contribution in [0.15, 0.2) is 42.5 Å². The molecule has 0 aliphatic carbocycles. The van der Waals surface area contributed by atoms with Gasteiger partial charge >= 0.3 is 5.97 Å². The molecule has 0 spiro atoms. The predicted octanol–water partition coefficient (Wildman–Crippen LogP) is 3.12. The molecule has 5 heteroatoms. The Morgan fingerprint density at radius 1 is 1.00 bits per heavy atom. The number of aliphatic carboxylic acids is 1. The molecule has 0 atom stereocenters. The molecule has 0 unspecified atom stereocenters. The highest BCUT2D eigenvalue weighted by atomic mass is 16.5.